The summed E-state index contributed by atoms with van der Waals surface area (Å²) in [5, 5.41) is 5.65. The van der Waals surface area contributed by atoms with Crippen LogP contribution < -0.4 is 10.6 Å². The summed E-state index contributed by atoms with van der Waals surface area (Å²) in [5.41, 5.74) is -0.619. The van der Waals surface area contributed by atoms with Crippen molar-refractivity contribution in [3.8, 4) is 0 Å². The molecule has 1 aromatic rings. The fraction of sp³-hybridized carbons (Fsp3) is 0.500. The molecule has 1 atom stereocenters. The first-order valence-corrected chi connectivity index (χ1v) is 11.6. The van der Waals surface area contributed by atoms with E-state index in [1.54, 1.807) is 13.8 Å². The summed E-state index contributed by atoms with van der Waals surface area (Å²) in [5.74, 6) is -2.87. The molecule has 0 saturated carbocycles. The number of ether oxygens (including phenoxy) is 3. The minimum absolute atomic E-state index is 0.0179. The van der Waals surface area contributed by atoms with Crippen LogP contribution in [0.1, 0.15) is 43.7 Å². The van der Waals surface area contributed by atoms with Crippen LogP contribution in [-0.2, 0) is 30.0 Å². The summed E-state index contributed by atoms with van der Waals surface area (Å²) in [6.07, 6.45) is -3.25. The van der Waals surface area contributed by atoms with Crippen LogP contribution in [0.4, 0.5) is 13.2 Å². The number of dihydropyridines is 1. The summed E-state index contributed by atoms with van der Waals surface area (Å²) in [6, 6.07) is 3.38. The number of carbonyl (C=O) groups is 2. The predicted molar refractivity (Wildman–Crippen MR) is 123 cm³/mol. The molecule has 0 aliphatic carbocycles. The number of methoxy groups -OCH3 is 1. The maximum absolute atomic E-state index is 13.6. The Bertz CT molecular complexity index is 1030. The molecule has 1 saturated heterocycles. The number of piperidine rings is 1. The smallest absolute Gasteiger partial charge is 0.417 e. The Morgan fingerprint density at radius 2 is 1.83 bits per heavy atom. The second kappa shape index (κ2) is 11.5. The number of hydrogen-bond acceptors (Lipinski definition) is 7. The maximum atomic E-state index is 13.6. The number of rotatable bonds is 7. The van der Waals surface area contributed by atoms with E-state index in [9.17, 15) is 22.8 Å². The van der Waals surface area contributed by atoms with Gasteiger partial charge in [0.05, 0.1) is 59.8 Å². The van der Waals surface area contributed by atoms with Crippen molar-refractivity contribution in [2.24, 2.45) is 0 Å². The van der Waals surface area contributed by atoms with Crippen LogP contribution in [0.25, 0.3) is 0 Å². The number of halogens is 4. The molecule has 1 unspecified atom stereocenters. The van der Waals surface area contributed by atoms with Crippen molar-refractivity contribution < 1.29 is 37.0 Å². The van der Waals surface area contributed by atoms with Crippen molar-refractivity contribution in [1.29, 1.82) is 0 Å². The lowest BCUT2D eigenvalue weighted by molar-refractivity contribution is -0.139. The van der Waals surface area contributed by atoms with E-state index in [0.29, 0.717) is 11.4 Å². The number of allylic oxidation sites excluding steroid dienone is 1. The van der Waals surface area contributed by atoms with Gasteiger partial charge in [-0.25, -0.2) is 9.59 Å². The summed E-state index contributed by atoms with van der Waals surface area (Å²) in [4.78, 5) is 26.0. The minimum Gasteiger partial charge on any atom is -0.466 e. The summed E-state index contributed by atoms with van der Waals surface area (Å²) in [7, 11) is 1.15. The van der Waals surface area contributed by atoms with E-state index in [-0.39, 0.29) is 36.0 Å². The third-order valence-corrected chi connectivity index (χ3v) is 6.36. The molecule has 0 spiro atoms. The first kappa shape index (κ1) is 27.0. The minimum atomic E-state index is -4.74. The Hall–Kier alpha value is -2.56. The zero-order chi connectivity index (χ0) is 25.8. The van der Waals surface area contributed by atoms with E-state index in [0.717, 1.165) is 39.1 Å². The van der Waals surface area contributed by atoms with Crippen LogP contribution in [0, 0.1) is 0 Å². The molecule has 2 aliphatic rings. The third kappa shape index (κ3) is 5.99. The lowest BCUT2D eigenvalue weighted by Gasteiger charge is -2.33. The number of alkyl halides is 3. The fourth-order valence-corrected chi connectivity index (χ4v) is 4.65. The molecule has 2 aliphatic heterocycles. The summed E-state index contributed by atoms with van der Waals surface area (Å²) in [6.45, 7) is 4.75. The molecule has 35 heavy (non-hydrogen) atoms. The van der Waals surface area contributed by atoms with E-state index in [1.807, 2.05) is 0 Å². The van der Waals surface area contributed by atoms with Gasteiger partial charge in [0.1, 0.15) is 0 Å². The number of esters is 2. The van der Waals surface area contributed by atoms with Crippen molar-refractivity contribution in [1.82, 2.24) is 10.6 Å². The summed E-state index contributed by atoms with van der Waals surface area (Å²) < 4.78 is 57.1. The van der Waals surface area contributed by atoms with Gasteiger partial charge in [-0.15, -0.1) is 0 Å². The lowest BCUT2D eigenvalue weighted by atomic mass is 9.79. The largest absolute Gasteiger partial charge is 0.466 e. The highest BCUT2D eigenvalue weighted by atomic mass is 35.5. The molecule has 7 nitrogen and oxygen atoms in total. The Balaban J connectivity index is 2.18. The number of benzene rings is 1. The van der Waals surface area contributed by atoms with Gasteiger partial charge >= 0.3 is 18.1 Å². The van der Waals surface area contributed by atoms with Gasteiger partial charge in [0, 0.05) is 5.70 Å². The van der Waals surface area contributed by atoms with E-state index >= 15 is 0 Å². The highest BCUT2D eigenvalue weighted by Gasteiger charge is 2.42. The Labute approximate surface area is 206 Å². The molecule has 192 valence electrons. The van der Waals surface area contributed by atoms with Crippen LogP contribution in [0.3, 0.4) is 0 Å². The van der Waals surface area contributed by atoms with Gasteiger partial charge in [0.25, 0.3) is 0 Å². The Kier molecular flexibility index (Phi) is 8.84. The number of nitrogens with one attached hydrogen (secondary N) is 2. The van der Waals surface area contributed by atoms with Crippen molar-refractivity contribution in [2.75, 3.05) is 33.4 Å². The molecule has 0 aromatic heterocycles. The van der Waals surface area contributed by atoms with Gasteiger partial charge in [-0.05, 0) is 51.4 Å². The molecule has 0 radical (unpaired) electrons. The quantitative estimate of drug-likeness (QED) is 0.528. The molecular formula is C24H28ClF3N2O5. The first-order chi connectivity index (χ1) is 16.6. The third-order valence-electron chi connectivity index (χ3n) is 5.94. The highest BCUT2D eigenvalue weighted by molar-refractivity contribution is 6.32. The summed E-state index contributed by atoms with van der Waals surface area (Å²) >= 11 is 6.25. The van der Waals surface area contributed by atoms with E-state index in [4.69, 9.17) is 25.8 Å². The molecule has 2 N–H and O–H groups in total. The van der Waals surface area contributed by atoms with E-state index in [1.165, 1.54) is 12.1 Å². The van der Waals surface area contributed by atoms with Gasteiger partial charge in [-0.2, -0.15) is 13.2 Å². The topological polar surface area (TPSA) is 85.9 Å². The van der Waals surface area contributed by atoms with Gasteiger partial charge in [0.15, 0.2) is 0 Å². The molecule has 11 heteroatoms. The predicted octanol–water partition coefficient (Wildman–Crippen LogP) is 4.08. The Morgan fingerprint density at radius 1 is 1.14 bits per heavy atom. The van der Waals surface area contributed by atoms with Gasteiger partial charge in [-0.1, -0.05) is 23.7 Å². The number of hydrogen-bond donors (Lipinski definition) is 2. The van der Waals surface area contributed by atoms with E-state index < -0.39 is 34.6 Å². The van der Waals surface area contributed by atoms with Crippen molar-refractivity contribution in [3.05, 3.63) is 56.9 Å². The zero-order valence-electron chi connectivity index (χ0n) is 19.7. The average Bonchev–Trinajstić information content (AvgIpc) is 2.82. The van der Waals surface area contributed by atoms with E-state index in [2.05, 4.69) is 10.6 Å². The van der Waals surface area contributed by atoms with Crippen molar-refractivity contribution >= 4 is 23.5 Å². The standard InChI is InChI=1S/C24H28ClF3N2O5/c1-4-34-23(32)20-17(12-35-14-8-10-29-11-9-14)30-13(2)18(22(31)33-3)19(20)15-6-5-7-16(21(15)25)24(26,27)28/h5-7,14,19,29-30H,4,8-12H2,1-3H3. The maximum Gasteiger partial charge on any atom is 0.417 e. The second-order valence-electron chi connectivity index (χ2n) is 8.17. The molecule has 0 amide bonds. The molecular weight excluding hydrogens is 489 g/mol. The molecule has 2 heterocycles. The van der Waals surface area contributed by atoms with Crippen LogP contribution in [-0.4, -0.2) is 51.5 Å². The van der Waals surface area contributed by atoms with Crippen molar-refractivity contribution in [3.63, 3.8) is 0 Å². The molecule has 3 rings (SSSR count). The second-order valence-corrected chi connectivity index (χ2v) is 8.55. The SMILES string of the molecule is CCOC(=O)C1=C(COC2CCNCC2)NC(C)=C(C(=O)OC)C1c1cccc(C(F)(F)F)c1Cl. The van der Waals surface area contributed by atoms with Gasteiger partial charge in [-0.3, -0.25) is 0 Å². The van der Waals surface area contributed by atoms with Crippen LogP contribution in [0.15, 0.2) is 40.7 Å². The fourth-order valence-electron chi connectivity index (χ4n) is 4.31. The highest BCUT2D eigenvalue weighted by Crippen LogP contribution is 2.45. The normalized spacial score (nSPS) is 19.5. The lowest BCUT2D eigenvalue weighted by Crippen LogP contribution is -2.37. The first-order valence-electron chi connectivity index (χ1n) is 11.2. The number of carbonyl (C=O) groups excluding carboxylic acids is 2. The molecule has 1 fully saturated rings. The van der Waals surface area contributed by atoms with Crippen LogP contribution >= 0.6 is 11.6 Å². The van der Waals surface area contributed by atoms with Crippen LogP contribution in [0.5, 0.6) is 0 Å². The van der Waals surface area contributed by atoms with Crippen molar-refractivity contribution in [2.45, 2.75) is 44.9 Å². The van der Waals surface area contributed by atoms with Crippen LogP contribution in [0.2, 0.25) is 5.02 Å². The van der Waals surface area contributed by atoms with Gasteiger partial charge < -0.3 is 24.8 Å². The van der Waals surface area contributed by atoms with Gasteiger partial charge in [0.2, 0.25) is 0 Å². The monoisotopic (exact) mass is 516 g/mol. The molecule has 1 aromatic carbocycles. The zero-order valence-corrected chi connectivity index (χ0v) is 20.4. The Morgan fingerprint density at radius 3 is 2.43 bits per heavy atom. The average molecular weight is 517 g/mol. The molecule has 0 bridgehead atoms.